The molecule has 0 saturated carbocycles. The number of carbonyl (C=O) groups excluding carboxylic acids is 1. The van der Waals surface area contributed by atoms with Crippen molar-refractivity contribution >= 4 is 5.91 Å². The van der Waals surface area contributed by atoms with Gasteiger partial charge in [-0.1, -0.05) is 36.4 Å². The Balaban J connectivity index is 1.47. The van der Waals surface area contributed by atoms with Gasteiger partial charge in [0.15, 0.2) is 18.1 Å². The summed E-state index contributed by atoms with van der Waals surface area (Å²) in [6.07, 6.45) is 0. The zero-order valence-corrected chi connectivity index (χ0v) is 15.5. The average Bonchev–Trinajstić information content (AvgIpc) is 2.68. The van der Waals surface area contributed by atoms with Crippen LogP contribution in [0.15, 0.2) is 48.5 Å². The van der Waals surface area contributed by atoms with E-state index in [9.17, 15) is 4.79 Å². The van der Waals surface area contributed by atoms with E-state index in [-0.39, 0.29) is 12.5 Å². The number of benzene rings is 2. The summed E-state index contributed by atoms with van der Waals surface area (Å²) in [4.78, 5) is 16.7. The Kier molecular flexibility index (Phi) is 6.12. The molecule has 5 nitrogen and oxygen atoms in total. The van der Waals surface area contributed by atoms with Crippen molar-refractivity contribution in [3.63, 3.8) is 0 Å². The van der Waals surface area contributed by atoms with Crippen molar-refractivity contribution in [1.29, 1.82) is 0 Å². The zero-order valence-electron chi connectivity index (χ0n) is 15.5. The molecule has 1 heterocycles. The quantitative estimate of drug-likeness (QED) is 0.800. The van der Waals surface area contributed by atoms with Gasteiger partial charge >= 0.3 is 0 Å². The van der Waals surface area contributed by atoms with E-state index in [4.69, 9.17) is 9.47 Å². The molecular formula is C21H26N2O3. The number of rotatable bonds is 6. The van der Waals surface area contributed by atoms with Crippen LogP contribution in [-0.4, -0.2) is 55.6 Å². The first-order valence-electron chi connectivity index (χ1n) is 8.97. The molecule has 0 aliphatic carbocycles. The molecule has 1 saturated heterocycles. The first kappa shape index (κ1) is 18.3. The summed E-state index contributed by atoms with van der Waals surface area (Å²) in [7, 11) is 1.61. The van der Waals surface area contributed by atoms with E-state index < -0.39 is 0 Å². The number of ether oxygens (including phenoxy) is 2. The van der Waals surface area contributed by atoms with Gasteiger partial charge in [0.25, 0.3) is 5.91 Å². The van der Waals surface area contributed by atoms with E-state index in [2.05, 4.69) is 29.2 Å². The van der Waals surface area contributed by atoms with Crippen molar-refractivity contribution in [2.75, 3.05) is 39.9 Å². The molecule has 1 amide bonds. The third kappa shape index (κ3) is 4.76. The van der Waals surface area contributed by atoms with Crippen molar-refractivity contribution in [3.05, 3.63) is 59.7 Å². The number of carbonyl (C=O) groups is 1. The maximum Gasteiger partial charge on any atom is 0.260 e. The van der Waals surface area contributed by atoms with Crippen molar-refractivity contribution in [2.45, 2.75) is 13.5 Å². The molecule has 0 atom stereocenters. The maximum atomic E-state index is 12.4. The van der Waals surface area contributed by atoms with Crippen LogP contribution < -0.4 is 9.47 Å². The fourth-order valence-electron chi connectivity index (χ4n) is 3.12. The lowest BCUT2D eigenvalue weighted by Crippen LogP contribution is -2.49. The van der Waals surface area contributed by atoms with Gasteiger partial charge in [-0.3, -0.25) is 9.69 Å². The SMILES string of the molecule is COc1cc(C)ccc1OCC(=O)N1CCN(Cc2ccccc2)CC1. The summed E-state index contributed by atoms with van der Waals surface area (Å²) < 4.78 is 11.0. The number of amides is 1. The summed E-state index contributed by atoms with van der Waals surface area (Å²) in [6.45, 7) is 6.20. The molecule has 0 spiro atoms. The van der Waals surface area contributed by atoms with Crippen LogP contribution in [0.25, 0.3) is 0 Å². The lowest BCUT2D eigenvalue weighted by atomic mass is 10.2. The van der Waals surface area contributed by atoms with E-state index in [1.54, 1.807) is 7.11 Å². The highest BCUT2D eigenvalue weighted by Gasteiger charge is 2.21. The van der Waals surface area contributed by atoms with Gasteiger partial charge in [-0.25, -0.2) is 0 Å². The molecular weight excluding hydrogens is 328 g/mol. The second-order valence-electron chi connectivity index (χ2n) is 6.59. The predicted octanol–water partition coefficient (Wildman–Crippen LogP) is 2.73. The predicted molar refractivity (Wildman–Crippen MR) is 102 cm³/mol. The van der Waals surface area contributed by atoms with Crippen LogP contribution >= 0.6 is 0 Å². The van der Waals surface area contributed by atoms with E-state index >= 15 is 0 Å². The molecule has 1 aliphatic rings. The third-order valence-corrected chi connectivity index (χ3v) is 4.64. The highest BCUT2D eigenvalue weighted by atomic mass is 16.5. The lowest BCUT2D eigenvalue weighted by Gasteiger charge is -2.34. The minimum absolute atomic E-state index is 0.0204. The minimum Gasteiger partial charge on any atom is -0.493 e. The van der Waals surface area contributed by atoms with Gasteiger partial charge in [-0.15, -0.1) is 0 Å². The monoisotopic (exact) mass is 354 g/mol. The molecule has 0 unspecified atom stereocenters. The van der Waals surface area contributed by atoms with Crippen LogP contribution in [0.5, 0.6) is 11.5 Å². The number of aryl methyl sites for hydroxylation is 1. The van der Waals surface area contributed by atoms with Crippen LogP contribution in [-0.2, 0) is 11.3 Å². The summed E-state index contributed by atoms with van der Waals surface area (Å²) >= 11 is 0. The Hall–Kier alpha value is -2.53. The Morgan fingerprint density at radius 1 is 1.00 bits per heavy atom. The van der Waals surface area contributed by atoms with Crippen LogP contribution in [0.4, 0.5) is 0 Å². The van der Waals surface area contributed by atoms with Crippen molar-refractivity contribution in [3.8, 4) is 11.5 Å². The first-order valence-corrected chi connectivity index (χ1v) is 8.97. The van der Waals surface area contributed by atoms with Gasteiger partial charge in [-0.05, 0) is 30.2 Å². The molecule has 138 valence electrons. The van der Waals surface area contributed by atoms with E-state index in [0.29, 0.717) is 11.5 Å². The Morgan fingerprint density at radius 3 is 2.42 bits per heavy atom. The Bertz CT molecular complexity index is 725. The summed E-state index contributed by atoms with van der Waals surface area (Å²) in [5, 5.41) is 0. The van der Waals surface area contributed by atoms with Crippen LogP contribution in [0, 0.1) is 6.92 Å². The largest absolute Gasteiger partial charge is 0.493 e. The normalized spacial score (nSPS) is 14.9. The number of nitrogens with zero attached hydrogens (tertiary/aromatic N) is 2. The van der Waals surface area contributed by atoms with Gasteiger partial charge in [0.1, 0.15) is 0 Å². The molecule has 0 radical (unpaired) electrons. The minimum atomic E-state index is 0.0204. The molecule has 0 N–H and O–H groups in total. The molecule has 5 heteroatoms. The fourth-order valence-corrected chi connectivity index (χ4v) is 3.12. The van der Waals surface area contributed by atoms with Gasteiger partial charge in [0, 0.05) is 32.7 Å². The Labute approximate surface area is 155 Å². The molecule has 0 aromatic heterocycles. The maximum absolute atomic E-state index is 12.4. The topological polar surface area (TPSA) is 42.0 Å². The number of hydrogen-bond acceptors (Lipinski definition) is 4. The first-order chi connectivity index (χ1) is 12.7. The van der Waals surface area contributed by atoms with Crippen molar-refractivity contribution < 1.29 is 14.3 Å². The highest BCUT2D eigenvalue weighted by molar-refractivity contribution is 5.78. The smallest absolute Gasteiger partial charge is 0.260 e. The van der Waals surface area contributed by atoms with E-state index in [1.165, 1.54) is 5.56 Å². The molecule has 3 rings (SSSR count). The Morgan fingerprint density at radius 2 is 1.73 bits per heavy atom. The van der Waals surface area contributed by atoms with Crippen LogP contribution in [0.2, 0.25) is 0 Å². The average molecular weight is 354 g/mol. The molecule has 2 aromatic carbocycles. The summed E-state index contributed by atoms with van der Waals surface area (Å²) in [5.41, 5.74) is 2.40. The number of methoxy groups -OCH3 is 1. The zero-order chi connectivity index (χ0) is 18.4. The summed E-state index contributed by atoms with van der Waals surface area (Å²) in [6, 6.07) is 16.1. The summed E-state index contributed by atoms with van der Waals surface area (Å²) in [5.74, 6) is 1.28. The van der Waals surface area contributed by atoms with Gasteiger partial charge in [0.05, 0.1) is 7.11 Å². The van der Waals surface area contributed by atoms with Crippen LogP contribution in [0.1, 0.15) is 11.1 Å². The number of hydrogen-bond donors (Lipinski definition) is 0. The van der Waals surface area contributed by atoms with Gasteiger partial charge in [-0.2, -0.15) is 0 Å². The van der Waals surface area contributed by atoms with Crippen molar-refractivity contribution in [2.24, 2.45) is 0 Å². The molecule has 2 aromatic rings. The fraction of sp³-hybridized carbons (Fsp3) is 0.381. The highest BCUT2D eigenvalue weighted by Crippen LogP contribution is 2.27. The van der Waals surface area contributed by atoms with Crippen LogP contribution in [0.3, 0.4) is 0 Å². The van der Waals surface area contributed by atoms with E-state index in [1.807, 2.05) is 36.1 Å². The standard InChI is InChI=1S/C21H26N2O3/c1-17-8-9-19(20(14-17)25-2)26-16-21(24)23-12-10-22(11-13-23)15-18-6-4-3-5-7-18/h3-9,14H,10-13,15-16H2,1-2H3. The molecule has 0 bridgehead atoms. The second kappa shape index (κ2) is 8.72. The second-order valence-corrected chi connectivity index (χ2v) is 6.59. The molecule has 1 aliphatic heterocycles. The number of piperazine rings is 1. The van der Waals surface area contributed by atoms with Crippen molar-refractivity contribution in [1.82, 2.24) is 9.80 Å². The van der Waals surface area contributed by atoms with E-state index in [0.717, 1.165) is 38.3 Å². The van der Waals surface area contributed by atoms with Gasteiger partial charge in [0.2, 0.25) is 0 Å². The molecule has 26 heavy (non-hydrogen) atoms. The third-order valence-electron chi connectivity index (χ3n) is 4.64. The van der Waals surface area contributed by atoms with Gasteiger partial charge < -0.3 is 14.4 Å². The lowest BCUT2D eigenvalue weighted by molar-refractivity contribution is -0.135. The molecule has 1 fully saturated rings.